The number of Topliss-reactive ketones (excluding diaryl/α,β-unsaturated/α-hetero) is 1. The summed E-state index contributed by atoms with van der Waals surface area (Å²) in [5.41, 5.74) is 1.18. The molecule has 0 saturated heterocycles. The van der Waals surface area contributed by atoms with Gasteiger partial charge in [0.2, 0.25) is 5.95 Å². The Morgan fingerprint density at radius 1 is 0.938 bits per heavy atom. The van der Waals surface area contributed by atoms with E-state index in [0.29, 0.717) is 21.7 Å². The third-order valence-electron chi connectivity index (χ3n) is 4.91. The molecule has 0 unspecified atom stereocenters. The molecule has 2 heterocycles. The van der Waals surface area contributed by atoms with E-state index >= 15 is 0 Å². The number of allylic oxidation sites excluding steroid dienone is 1. The summed E-state index contributed by atoms with van der Waals surface area (Å²) in [7, 11) is 2.49. The van der Waals surface area contributed by atoms with E-state index in [2.05, 4.69) is 20.8 Å². The number of ether oxygens (including phenoxy) is 2. The summed E-state index contributed by atoms with van der Waals surface area (Å²) in [4.78, 5) is 38.0. The van der Waals surface area contributed by atoms with Crippen molar-refractivity contribution in [3.63, 3.8) is 0 Å². The Balaban J connectivity index is 1.90. The highest BCUT2D eigenvalue weighted by molar-refractivity contribution is 6.30. The van der Waals surface area contributed by atoms with Crippen LogP contribution in [0.2, 0.25) is 5.02 Å². The smallest absolute Gasteiger partial charge is 0.355 e. The first-order valence-corrected chi connectivity index (χ1v) is 9.68. The number of fused-ring (bicyclic) bond motifs is 1. The lowest BCUT2D eigenvalue weighted by Gasteiger charge is -2.28. The molecule has 0 fully saturated rings. The van der Waals surface area contributed by atoms with Crippen LogP contribution in [0, 0.1) is 0 Å². The zero-order chi connectivity index (χ0) is 22.8. The number of methoxy groups -OCH3 is 2. The minimum atomic E-state index is -0.870. The van der Waals surface area contributed by atoms with Crippen molar-refractivity contribution >= 4 is 35.3 Å². The number of carbonyl (C=O) groups is 3. The van der Waals surface area contributed by atoms with Crippen molar-refractivity contribution in [3.8, 4) is 0 Å². The van der Waals surface area contributed by atoms with Gasteiger partial charge in [-0.3, -0.25) is 4.79 Å². The molecule has 4 rings (SSSR count). The standard InChI is InChI=1S/C21H16ClN5O5/c1-31-19(29)13-5-3-11(4-6-13)17-15(18(28)12-7-9-14(22)10-8-12)16(20(30)32-2)23-21-24-25-26-27(17)21/h3-10,17H,1-2H3,(H,23,24,26)/t17-/m0/s1. The number of anilines is 1. The van der Waals surface area contributed by atoms with Crippen LogP contribution < -0.4 is 5.32 Å². The first kappa shape index (κ1) is 21.2. The molecule has 2 aromatic carbocycles. The number of aromatic nitrogens is 4. The largest absolute Gasteiger partial charge is 0.465 e. The normalized spacial score (nSPS) is 14.9. The predicted octanol–water partition coefficient (Wildman–Crippen LogP) is 2.44. The maximum absolute atomic E-state index is 13.6. The number of tetrazole rings is 1. The minimum absolute atomic E-state index is 0.0739. The van der Waals surface area contributed by atoms with E-state index in [1.165, 1.54) is 18.9 Å². The fraction of sp³-hybridized carbons (Fsp3) is 0.143. The predicted molar refractivity (Wildman–Crippen MR) is 112 cm³/mol. The number of hydrogen-bond acceptors (Lipinski definition) is 9. The highest BCUT2D eigenvalue weighted by Gasteiger charge is 2.38. The van der Waals surface area contributed by atoms with Crippen molar-refractivity contribution < 1.29 is 23.9 Å². The number of hydrogen-bond donors (Lipinski definition) is 1. The quantitative estimate of drug-likeness (QED) is 0.457. The molecule has 0 aliphatic carbocycles. The molecule has 10 nitrogen and oxygen atoms in total. The maximum atomic E-state index is 13.6. The van der Waals surface area contributed by atoms with Gasteiger partial charge >= 0.3 is 11.9 Å². The Hall–Kier alpha value is -4.05. The van der Waals surface area contributed by atoms with Crippen molar-refractivity contribution in [2.75, 3.05) is 19.5 Å². The van der Waals surface area contributed by atoms with Crippen LogP contribution in [0.1, 0.15) is 32.3 Å². The van der Waals surface area contributed by atoms with Gasteiger partial charge in [0.1, 0.15) is 11.7 Å². The van der Waals surface area contributed by atoms with E-state index in [-0.39, 0.29) is 17.2 Å². The zero-order valence-electron chi connectivity index (χ0n) is 16.9. The van der Waals surface area contributed by atoms with E-state index in [1.807, 2.05) is 0 Å². The van der Waals surface area contributed by atoms with Gasteiger partial charge in [0.25, 0.3) is 0 Å². The molecular formula is C21H16ClN5O5. The summed E-state index contributed by atoms with van der Waals surface area (Å²) >= 11 is 5.95. The third-order valence-corrected chi connectivity index (χ3v) is 5.16. The highest BCUT2D eigenvalue weighted by atomic mass is 35.5. The highest BCUT2D eigenvalue weighted by Crippen LogP contribution is 2.36. The third kappa shape index (κ3) is 3.71. The van der Waals surface area contributed by atoms with Crippen LogP contribution in [0.15, 0.2) is 59.8 Å². The summed E-state index contributed by atoms with van der Waals surface area (Å²) in [6.45, 7) is 0. The van der Waals surface area contributed by atoms with Gasteiger partial charge in [-0.2, -0.15) is 4.68 Å². The Kier molecular flexibility index (Phi) is 5.69. The molecule has 3 aromatic rings. The Labute approximate surface area is 186 Å². The summed E-state index contributed by atoms with van der Waals surface area (Å²) in [6.07, 6.45) is 0. The van der Waals surface area contributed by atoms with E-state index in [4.69, 9.17) is 21.1 Å². The van der Waals surface area contributed by atoms with Gasteiger partial charge in [-0.15, -0.1) is 0 Å². The lowest BCUT2D eigenvalue weighted by Crippen LogP contribution is -2.33. The van der Waals surface area contributed by atoms with Crippen molar-refractivity contribution in [2.45, 2.75) is 6.04 Å². The molecule has 0 saturated carbocycles. The summed E-state index contributed by atoms with van der Waals surface area (Å²) in [5, 5.41) is 14.8. The fourth-order valence-electron chi connectivity index (χ4n) is 3.37. The molecule has 1 aliphatic heterocycles. The number of halogens is 1. The van der Waals surface area contributed by atoms with E-state index in [9.17, 15) is 14.4 Å². The van der Waals surface area contributed by atoms with Gasteiger partial charge in [0.05, 0.1) is 25.4 Å². The van der Waals surface area contributed by atoms with Crippen LogP contribution in [0.25, 0.3) is 0 Å². The molecule has 0 amide bonds. The molecule has 1 aromatic heterocycles. The van der Waals surface area contributed by atoms with Crippen LogP contribution in [0.3, 0.4) is 0 Å². The van der Waals surface area contributed by atoms with Crippen LogP contribution in [0.5, 0.6) is 0 Å². The second kappa shape index (κ2) is 8.60. The number of esters is 2. The van der Waals surface area contributed by atoms with Crippen LogP contribution >= 0.6 is 11.6 Å². The topological polar surface area (TPSA) is 125 Å². The molecule has 0 radical (unpaired) electrons. The molecule has 1 aliphatic rings. The summed E-state index contributed by atoms with van der Waals surface area (Å²) in [5.74, 6) is -1.56. The summed E-state index contributed by atoms with van der Waals surface area (Å²) < 4.78 is 11.0. The van der Waals surface area contributed by atoms with Gasteiger partial charge < -0.3 is 14.8 Å². The van der Waals surface area contributed by atoms with Gasteiger partial charge in [-0.25, -0.2) is 9.59 Å². The Morgan fingerprint density at radius 3 is 2.19 bits per heavy atom. The molecule has 0 bridgehead atoms. The molecule has 1 N–H and O–H groups in total. The van der Waals surface area contributed by atoms with Gasteiger partial charge in [-0.1, -0.05) is 28.8 Å². The lowest BCUT2D eigenvalue weighted by molar-refractivity contribution is -0.136. The van der Waals surface area contributed by atoms with Crippen molar-refractivity contribution in [3.05, 3.63) is 81.5 Å². The van der Waals surface area contributed by atoms with Crippen LogP contribution in [0.4, 0.5) is 5.95 Å². The summed E-state index contributed by atoms with van der Waals surface area (Å²) in [6, 6.07) is 11.8. The number of rotatable bonds is 5. The van der Waals surface area contributed by atoms with Gasteiger partial charge in [-0.05, 0) is 52.4 Å². The van der Waals surface area contributed by atoms with E-state index < -0.39 is 23.8 Å². The number of ketones is 1. The first-order chi connectivity index (χ1) is 15.4. The molecule has 0 spiro atoms. The van der Waals surface area contributed by atoms with Crippen molar-refractivity contribution in [2.24, 2.45) is 0 Å². The molecule has 11 heteroatoms. The van der Waals surface area contributed by atoms with Crippen LogP contribution in [-0.4, -0.2) is 52.1 Å². The number of benzene rings is 2. The van der Waals surface area contributed by atoms with Gasteiger partial charge in [0.15, 0.2) is 5.78 Å². The maximum Gasteiger partial charge on any atom is 0.355 e. The van der Waals surface area contributed by atoms with Crippen molar-refractivity contribution in [1.82, 2.24) is 20.2 Å². The average Bonchev–Trinajstić information content (AvgIpc) is 3.30. The monoisotopic (exact) mass is 453 g/mol. The van der Waals surface area contributed by atoms with E-state index in [0.717, 1.165) is 0 Å². The number of nitrogens with one attached hydrogen (secondary N) is 1. The number of carbonyl (C=O) groups excluding carboxylic acids is 3. The van der Waals surface area contributed by atoms with Gasteiger partial charge in [0, 0.05) is 10.6 Å². The van der Waals surface area contributed by atoms with Crippen molar-refractivity contribution in [1.29, 1.82) is 0 Å². The average molecular weight is 454 g/mol. The lowest BCUT2D eigenvalue weighted by atomic mass is 9.89. The second-order valence-electron chi connectivity index (χ2n) is 6.70. The number of nitrogens with zero attached hydrogens (tertiary/aromatic N) is 4. The Morgan fingerprint density at radius 2 is 1.56 bits per heavy atom. The van der Waals surface area contributed by atoms with Crippen LogP contribution in [-0.2, 0) is 14.3 Å². The molecular weight excluding hydrogens is 438 g/mol. The first-order valence-electron chi connectivity index (χ1n) is 9.30. The minimum Gasteiger partial charge on any atom is -0.465 e. The fourth-order valence-corrected chi connectivity index (χ4v) is 3.50. The SMILES string of the molecule is COC(=O)C1=C(C(=O)c2ccc(Cl)cc2)[C@H](c2ccc(C(=O)OC)cc2)n2nnnc2N1. The second-order valence-corrected chi connectivity index (χ2v) is 7.14. The molecule has 162 valence electrons. The Bertz CT molecular complexity index is 1230. The van der Waals surface area contributed by atoms with E-state index in [1.54, 1.807) is 48.5 Å². The molecule has 32 heavy (non-hydrogen) atoms. The zero-order valence-corrected chi connectivity index (χ0v) is 17.7. The molecule has 1 atom stereocenters.